The molecular formula is C15H22ClF3N2O2S. The second-order valence-electron chi connectivity index (χ2n) is 5.65. The maximum absolute atomic E-state index is 13.1. The van der Waals surface area contributed by atoms with Crippen LogP contribution in [0.2, 0.25) is 0 Å². The average Bonchev–Trinajstić information content (AvgIpc) is 2.52. The van der Waals surface area contributed by atoms with E-state index in [1.54, 1.807) is 0 Å². The molecule has 0 atom stereocenters. The molecule has 0 radical (unpaired) electrons. The highest BCUT2D eigenvalue weighted by atomic mass is 35.5. The van der Waals surface area contributed by atoms with E-state index in [1.807, 2.05) is 6.92 Å². The molecule has 1 aliphatic heterocycles. The Morgan fingerprint density at radius 3 is 2.33 bits per heavy atom. The van der Waals surface area contributed by atoms with Crippen LogP contribution in [0.1, 0.15) is 25.3 Å². The molecule has 0 unspecified atom stereocenters. The lowest BCUT2D eigenvalue weighted by Gasteiger charge is -2.31. The number of nitrogens with one attached hydrogen (secondary N) is 1. The van der Waals surface area contributed by atoms with Crippen molar-refractivity contribution in [2.75, 3.05) is 26.2 Å². The topological polar surface area (TPSA) is 49.4 Å². The zero-order valence-electron chi connectivity index (χ0n) is 13.3. The summed E-state index contributed by atoms with van der Waals surface area (Å²) < 4.78 is 65.5. The van der Waals surface area contributed by atoms with E-state index in [4.69, 9.17) is 0 Å². The van der Waals surface area contributed by atoms with E-state index in [2.05, 4.69) is 5.32 Å². The highest BCUT2D eigenvalue weighted by Gasteiger charge is 2.39. The molecule has 1 saturated heterocycles. The molecule has 0 aliphatic carbocycles. The fourth-order valence-electron chi connectivity index (χ4n) is 2.77. The molecule has 0 saturated carbocycles. The lowest BCUT2D eigenvalue weighted by atomic mass is 9.98. The van der Waals surface area contributed by atoms with Crippen LogP contribution in [0.3, 0.4) is 0 Å². The summed E-state index contributed by atoms with van der Waals surface area (Å²) in [7, 11) is -4.13. The quantitative estimate of drug-likeness (QED) is 0.845. The molecule has 0 spiro atoms. The van der Waals surface area contributed by atoms with Gasteiger partial charge in [-0.25, -0.2) is 8.42 Å². The Morgan fingerprint density at radius 2 is 1.79 bits per heavy atom. The maximum atomic E-state index is 13.1. The van der Waals surface area contributed by atoms with Gasteiger partial charge in [0, 0.05) is 13.1 Å². The number of rotatable bonds is 5. The van der Waals surface area contributed by atoms with Gasteiger partial charge in [-0.05, 0) is 44.0 Å². The maximum Gasteiger partial charge on any atom is 0.417 e. The molecule has 1 N–H and O–H groups in total. The number of hydrogen-bond donors (Lipinski definition) is 1. The van der Waals surface area contributed by atoms with Crippen LogP contribution in [0.4, 0.5) is 13.2 Å². The summed E-state index contributed by atoms with van der Waals surface area (Å²) in [6.45, 7) is 4.16. The molecule has 1 aromatic rings. The van der Waals surface area contributed by atoms with Gasteiger partial charge < -0.3 is 5.32 Å². The minimum absolute atomic E-state index is 0. The Balaban J connectivity index is 0.00000288. The number of nitrogens with zero attached hydrogens (tertiary/aromatic N) is 1. The summed E-state index contributed by atoms with van der Waals surface area (Å²) in [4.78, 5) is -0.655. The minimum atomic E-state index is -4.69. The molecule has 4 nitrogen and oxygen atoms in total. The molecule has 1 aromatic carbocycles. The van der Waals surface area contributed by atoms with Gasteiger partial charge in [-0.3, -0.25) is 0 Å². The average molecular weight is 387 g/mol. The largest absolute Gasteiger partial charge is 0.417 e. The first kappa shape index (κ1) is 21.2. The standard InChI is InChI=1S/C15H21F3N2O2S.ClH/c1-2-19-11-12-7-9-20(10-8-12)23(21,22)14-6-4-3-5-13(14)15(16,17)18;/h3-6,12,19H,2,7-11H2,1H3;1H. The van der Waals surface area contributed by atoms with Gasteiger partial charge in [0.2, 0.25) is 10.0 Å². The lowest BCUT2D eigenvalue weighted by Crippen LogP contribution is -2.41. The fourth-order valence-corrected chi connectivity index (χ4v) is 4.45. The molecule has 9 heteroatoms. The van der Waals surface area contributed by atoms with E-state index in [-0.39, 0.29) is 25.5 Å². The first-order valence-corrected chi connectivity index (χ1v) is 9.08. The number of benzene rings is 1. The molecule has 138 valence electrons. The molecule has 0 bridgehead atoms. The second-order valence-corrected chi connectivity index (χ2v) is 7.56. The van der Waals surface area contributed by atoms with Gasteiger partial charge in [0.25, 0.3) is 0 Å². The predicted octanol–water partition coefficient (Wildman–Crippen LogP) is 3.14. The van der Waals surface area contributed by atoms with Crippen molar-refractivity contribution < 1.29 is 21.6 Å². The van der Waals surface area contributed by atoms with Gasteiger partial charge in [-0.1, -0.05) is 19.1 Å². The van der Waals surface area contributed by atoms with Crippen LogP contribution >= 0.6 is 12.4 Å². The monoisotopic (exact) mass is 386 g/mol. The van der Waals surface area contributed by atoms with Crippen molar-refractivity contribution in [2.45, 2.75) is 30.8 Å². The van der Waals surface area contributed by atoms with E-state index in [0.29, 0.717) is 18.8 Å². The van der Waals surface area contributed by atoms with Crippen LogP contribution in [-0.4, -0.2) is 38.9 Å². The highest BCUT2D eigenvalue weighted by Crippen LogP contribution is 2.35. The van der Waals surface area contributed by atoms with Crippen LogP contribution in [0.15, 0.2) is 29.2 Å². The molecule has 0 aromatic heterocycles. The first-order chi connectivity index (χ1) is 10.8. The molecule has 1 aliphatic rings. The number of piperidine rings is 1. The van der Waals surface area contributed by atoms with Crippen LogP contribution in [0.5, 0.6) is 0 Å². The van der Waals surface area contributed by atoms with Gasteiger partial charge in [0.15, 0.2) is 0 Å². The van der Waals surface area contributed by atoms with Crippen molar-refractivity contribution >= 4 is 22.4 Å². The molecule has 1 fully saturated rings. The normalized spacial score (nSPS) is 17.5. The van der Waals surface area contributed by atoms with Gasteiger partial charge in [0.05, 0.1) is 10.5 Å². The van der Waals surface area contributed by atoms with E-state index in [1.165, 1.54) is 16.4 Å². The van der Waals surface area contributed by atoms with Crippen molar-refractivity contribution in [1.82, 2.24) is 9.62 Å². The van der Waals surface area contributed by atoms with E-state index in [9.17, 15) is 21.6 Å². The SMILES string of the molecule is CCNCC1CCN(S(=O)(=O)c2ccccc2C(F)(F)F)CC1.Cl. The predicted molar refractivity (Wildman–Crippen MR) is 88.7 cm³/mol. The number of halogens is 4. The third-order valence-corrected chi connectivity index (χ3v) is 6.02. The summed E-state index contributed by atoms with van der Waals surface area (Å²) >= 11 is 0. The Kier molecular flexibility index (Phi) is 7.52. The number of hydrogen-bond acceptors (Lipinski definition) is 3. The Bertz CT molecular complexity index is 630. The third kappa shape index (κ3) is 4.84. The van der Waals surface area contributed by atoms with Crippen LogP contribution < -0.4 is 5.32 Å². The Morgan fingerprint density at radius 1 is 1.21 bits per heavy atom. The zero-order chi connectivity index (χ0) is 17.1. The first-order valence-electron chi connectivity index (χ1n) is 7.64. The number of alkyl halides is 3. The van der Waals surface area contributed by atoms with E-state index in [0.717, 1.165) is 25.2 Å². The van der Waals surface area contributed by atoms with Crippen molar-refractivity contribution in [3.63, 3.8) is 0 Å². The summed E-state index contributed by atoms with van der Waals surface area (Å²) in [6, 6.07) is 4.36. The van der Waals surface area contributed by atoms with Crippen molar-refractivity contribution in [1.29, 1.82) is 0 Å². The highest BCUT2D eigenvalue weighted by molar-refractivity contribution is 7.89. The molecule has 0 amide bonds. The summed E-state index contributed by atoms with van der Waals surface area (Å²) in [5.41, 5.74) is -1.10. The van der Waals surface area contributed by atoms with Gasteiger partial charge in [0.1, 0.15) is 0 Å². The van der Waals surface area contributed by atoms with Gasteiger partial charge >= 0.3 is 6.18 Å². The molecular weight excluding hydrogens is 365 g/mol. The summed E-state index contributed by atoms with van der Waals surface area (Å²) in [5.74, 6) is 0.360. The van der Waals surface area contributed by atoms with E-state index >= 15 is 0 Å². The fraction of sp³-hybridized carbons (Fsp3) is 0.600. The van der Waals surface area contributed by atoms with Crippen LogP contribution in [-0.2, 0) is 16.2 Å². The Hall–Kier alpha value is -0.830. The third-order valence-electron chi connectivity index (χ3n) is 4.07. The molecule has 2 rings (SSSR count). The summed E-state index contributed by atoms with van der Waals surface area (Å²) in [6.07, 6.45) is -3.38. The molecule has 24 heavy (non-hydrogen) atoms. The van der Waals surface area contributed by atoms with Crippen molar-refractivity contribution in [2.24, 2.45) is 5.92 Å². The van der Waals surface area contributed by atoms with Gasteiger partial charge in [-0.2, -0.15) is 17.5 Å². The second kappa shape index (κ2) is 8.51. The van der Waals surface area contributed by atoms with Crippen LogP contribution in [0.25, 0.3) is 0 Å². The van der Waals surface area contributed by atoms with Gasteiger partial charge in [-0.15, -0.1) is 12.4 Å². The zero-order valence-corrected chi connectivity index (χ0v) is 15.0. The molecule has 1 heterocycles. The smallest absolute Gasteiger partial charge is 0.317 e. The Labute approximate surface area is 146 Å². The number of sulfonamides is 1. The van der Waals surface area contributed by atoms with Crippen molar-refractivity contribution in [3.05, 3.63) is 29.8 Å². The lowest BCUT2D eigenvalue weighted by molar-refractivity contribution is -0.139. The van der Waals surface area contributed by atoms with Crippen LogP contribution in [0, 0.1) is 5.92 Å². The van der Waals surface area contributed by atoms with E-state index < -0.39 is 26.7 Å². The summed E-state index contributed by atoms with van der Waals surface area (Å²) in [5, 5.41) is 3.22. The minimum Gasteiger partial charge on any atom is -0.317 e. The van der Waals surface area contributed by atoms with Crippen molar-refractivity contribution in [3.8, 4) is 0 Å².